The minimum atomic E-state index is 0.276. The number of rotatable bonds is 1. The first-order valence-corrected chi connectivity index (χ1v) is 4.80. The molecule has 2 heterocycles. The number of nitriles is 1. The lowest BCUT2D eigenvalue weighted by Crippen LogP contribution is -1.98. The molecule has 4 heteroatoms. The Kier molecular flexibility index (Phi) is 2.52. The standard InChI is InChI=1S/C12H10N4/c1-8-11(9-2-4-15-5-3-9)6-10(7-13)12(14)16-8/h2-6H,1H3,(H2,14,16). The third kappa shape index (κ3) is 1.71. The van der Waals surface area contributed by atoms with Crippen molar-refractivity contribution in [2.24, 2.45) is 0 Å². The molecular weight excluding hydrogens is 200 g/mol. The molecule has 0 aliphatic carbocycles. The van der Waals surface area contributed by atoms with E-state index in [2.05, 4.69) is 9.97 Å². The van der Waals surface area contributed by atoms with Gasteiger partial charge in [0.15, 0.2) is 0 Å². The molecule has 0 fully saturated rings. The summed E-state index contributed by atoms with van der Waals surface area (Å²) in [5, 5.41) is 8.90. The van der Waals surface area contributed by atoms with Crippen molar-refractivity contribution < 1.29 is 0 Å². The molecule has 0 radical (unpaired) electrons. The zero-order chi connectivity index (χ0) is 11.5. The van der Waals surface area contributed by atoms with Crippen LogP contribution >= 0.6 is 0 Å². The topological polar surface area (TPSA) is 75.6 Å². The Labute approximate surface area is 93.4 Å². The normalized spacial score (nSPS) is 9.75. The monoisotopic (exact) mass is 210 g/mol. The van der Waals surface area contributed by atoms with E-state index in [1.54, 1.807) is 18.5 Å². The number of nitrogens with zero attached hydrogens (tertiary/aromatic N) is 3. The van der Waals surface area contributed by atoms with E-state index >= 15 is 0 Å². The molecule has 0 amide bonds. The maximum atomic E-state index is 8.90. The SMILES string of the molecule is Cc1nc(N)c(C#N)cc1-c1ccncc1. The Bertz CT molecular complexity index is 555. The predicted octanol–water partition coefficient (Wildman–Crippen LogP) is 1.91. The van der Waals surface area contributed by atoms with Crippen LogP contribution in [-0.2, 0) is 0 Å². The van der Waals surface area contributed by atoms with Gasteiger partial charge in [0.05, 0.1) is 5.56 Å². The van der Waals surface area contributed by atoms with Gasteiger partial charge >= 0.3 is 0 Å². The summed E-state index contributed by atoms with van der Waals surface area (Å²) in [7, 11) is 0. The third-order valence-corrected chi connectivity index (χ3v) is 2.35. The van der Waals surface area contributed by atoms with Crippen LogP contribution in [-0.4, -0.2) is 9.97 Å². The molecule has 0 aliphatic heterocycles. The van der Waals surface area contributed by atoms with Gasteiger partial charge in [0, 0.05) is 23.7 Å². The molecule has 0 spiro atoms. The molecule has 0 saturated heterocycles. The Hall–Kier alpha value is -2.41. The van der Waals surface area contributed by atoms with E-state index in [1.165, 1.54) is 0 Å². The molecular formula is C12H10N4. The molecule has 4 nitrogen and oxygen atoms in total. The quantitative estimate of drug-likeness (QED) is 0.780. The fourth-order valence-electron chi connectivity index (χ4n) is 1.54. The Morgan fingerprint density at radius 2 is 2.00 bits per heavy atom. The molecule has 2 aromatic heterocycles. The number of pyridine rings is 2. The zero-order valence-corrected chi connectivity index (χ0v) is 8.81. The number of nitrogen functional groups attached to an aromatic ring is 1. The summed E-state index contributed by atoms with van der Waals surface area (Å²) < 4.78 is 0. The fourth-order valence-corrected chi connectivity index (χ4v) is 1.54. The van der Waals surface area contributed by atoms with E-state index in [4.69, 9.17) is 11.0 Å². The summed E-state index contributed by atoms with van der Waals surface area (Å²) in [5.74, 6) is 0.276. The van der Waals surface area contributed by atoms with E-state index in [-0.39, 0.29) is 5.82 Å². The largest absolute Gasteiger partial charge is 0.383 e. The maximum Gasteiger partial charge on any atom is 0.141 e. The molecule has 0 saturated carbocycles. The van der Waals surface area contributed by atoms with Gasteiger partial charge in [-0.3, -0.25) is 4.98 Å². The van der Waals surface area contributed by atoms with Crippen LogP contribution in [0.25, 0.3) is 11.1 Å². The molecule has 0 unspecified atom stereocenters. The summed E-state index contributed by atoms with van der Waals surface area (Å²) >= 11 is 0. The first-order valence-electron chi connectivity index (χ1n) is 4.80. The van der Waals surface area contributed by atoms with Crippen molar-refractivity contribution in [3.63, 3.8) is 0 Å². The van der Waals surface area contributed by atoms with Crippen molar-refractivity contribution in [1.82, 2.24) is 9.97 Å². The highest BCUT2D eigenvalue weighted by Gasteiger charge is 2.07. The number of anilines is 1. The van der Waals surface area contributed by atoms with Crippen molar-refractivity contribution in [2.75, 3.05) is 5.73 Å². The van der Waals surface area contributed by atoms with Gasteiger partial charge in [-0.25, -0.2) is 4.98 Å². The van der Waals surface area contributed by atoms with Gasteiger partial charge < -0.3 is 5.73 Å². The minimum absolute atomic E-state index is 0.276. The lowest BCUT2D eigenvalue weighted by atomic mass is 10.0. The summed E-state index contributed by atoms with van der Waals surface area (Å²) in [4.78, 5) is 8.11. The Morgan fingerprint density at radius 3 is 2.62 bits per heavy atom. The molecule has 2 N–H and O–H groups in total. The number of hydrogen-bond donors (Lipinski definition) is 1. The van der Waals surface area contributed by atoms with Crippen molar-refractivity contribution in [2.45, 2.75) is 6.92 Å². The molecule has 78 valence electrons. The molecule has 0 aromatic carbocycles. The molecule has 0 atom stereocenters. The number of aromatic nitrogens is 2. The third-order valence-electron chi connectivity index (χ3n) is 2.35. The summed E-state index contributed by atoms with van der Waals surface area (Å²) in [6.07, 6.45) is 3.41. The van der Waals surface area contributed by atoms with Crippen LogP contribution in [0.15, 0.2) is 30.6 Å². The van der Waals surface area contributed by atoms with Crippen LogP contribution in [0.5, 0.6) is 0 Å². The van der Waals surface area contributed by atoms with Crippen molar-refractivity contribution in [3.05, 3.63) is 41.9 Å². The van der Waals surface area contributed by atoms with Crippen LogP contribution in [0, 0.1) is 18.3 Å². The molecule has 2 rings (SSSR count). The van der Waals surface area contributed by atoms with Gasteiger partial charge in [-0.1, -0.05) is 0 Å². The second-order valence-corrected chi connectivity index (χ2v) is 3.40. The summed E-state index contributed by atoms with van der Waals surface area (Å²) in [5.41, 5.74) is 8.73. The van der Waals surface area contributed by atoms with Crippen molar-refractivity contribution in [1.29, 1.82) is 5.26 Å². The van der Waals surface area contributed by atoms with Gasteiger partial charge in [-0.2, -0.15) is 5.26 Å². The second kappa shape index (κ2) is 3.99. The Balaban J connectivity index is 2.63. The fraction of sp³-hybridized carbons (Fsp3) is 0.0833. The molecule has 2 aromatic rings. The minimum Gasteiger partial charge on any atom is -0.383 e. The predicted molar refractivity (Wildman–Crippen MR) is 61.3 cm³/mol. The highest BCUT2D eigenvalue weighted by atomic mass is 14.8. The van der Waals surface area contributed by atoms with E-state index in [1.807, 2.05) is 25.1 Å². The van der Waals surface area contributed by atoms with Gasteiger partial charge in [-0.15, -0.1) is 0 Å². The lowest BCUT2D eigenvalue weighted by Gasteiger charge is -2.07. The van der Waals surface area contributed by atoms with Crippen LogP contribution in [0.2, 0.25) is 0 Å². The lowest BCUT2D eigenvalue weighted by molar-refractivity contribution is 1.20. The van der Waals surface area contributed by atoms with Crippen LogP contribution < -0.4 is 5.73 Å². The number of nitrogens with two attached hydrogens (primary N) is 1. The summed E-state index contributed by atoms with van der Waals surface area (Å²) in [6, 6.07) is 7.54. The first kappa shape index (κ1) is 10.1. The smallest absolute Gasteiger partial charge is 0.141 e. The highest BCUT2D eigenvalue weighted by molar-refractivity contribution is 5.69. The average Bonchev–Trinajstić information content (AvgIpc) is 2.30. The van der Waals surface area contributed by atoms with Crippen molar-refractivity contribution >= 4 is 5.82 Å². The molecule has 0 bridgehead atoms. The van der Waals surface area contributed by atoms with E-state index < -0.39 is 0 Å². The second-order valence-electron chi connectivity index (χ2n) is 3.40. The van der Waals surface area contributed by atoms with Gasteiger partial charge in [0.25, 0.3) is 0 Å². The van der Waals surface area contributed by atoms with E-state index in [9.17, 15) is 0 Å². The van der Waals surface area contributed by atoms with Crippen LogP contribution in [0.4, 0.5) is 5.82 Å². The average molecular weight is 210 g/mol. The molecule has 0 aliphatic rings. The molecule has 16 heavy (non-hydrogen) atoms. The van der Waals surface area contributed by atoms with Gasteiger partial charge in [-0.05, 0) is 30.7 Å². The zero-order valence-electron chi connectivity index (χ0n) is 8.81. The first-order chi connectivity index (χ1) is 7.72. The van der Waals surface area contributed by atoms with E-state index in [0.717, 1.165) is 16.8 Å². The highest BCUT2D eigenvalue weighted by Crippen LogP contribution is 2.24. The van der Waals surface area contributed by atoms with Crippen LogP contribution in [0.3, 0.4) is 0 Å². The maximum absolute atomic E-state index is 8.90. The van der Waals surface area contributed by atoms with E-state index in [0.29, 0.717) is 5.56 Å². The van der Waals surface area contributed by atoms with Crippen LogP contribution in [0.1, 0.15) is 11.3 Å². The summed E-state index contributed by atoms with van der Waals surface area (Å²) in [6.45, 7) is 1.87. The van der Waals surface area contributed by atoms with Gasteiger partial charge in [0.2, 0.25) is 0 Å². The Morgan fingerprint density at radius 1 is 1.31 bits per heavy atom. The number of aryl methyl sites for hydroxylation is 1. The van der Waals surface area contributed by atoms with Gasteiger partial charge in [0.1, 0.15) is 11.9 Å². The van der Waals surface area contributed by atoms with Crippen molar-refractivity contribution in [3.8, 4) is 17.2 Å². The number of hydrogen-bond acceptors (Lipinski definition) is 4.